The van der Waals surface area contributed by atoms with E-state index in [9.17, 15) is 0 Å². The minimum atomic E-state index is 0.568. The Bertz CT molecular complexity index is 1100. The molecule has 37 heavy (non-hydrogen) atoms. The summed E-state index contributed by atoms with van der Waals surface area (Å²) in [5.74, 6) is 1.89. The minimum absolute atomic E-state index is 0.568. The Morgan fingerprint density at radius 1 is 0.811 bits per heavy atom. The number of aromatic nitrogens is 2. The number of allylic oxidation sites excluding steroid dienone is 1. The number of aliphatic imine (C=N–C) groups is 1. The zero-order valence-corrected chi connectivity index (χ0v) is 22.4. The van der Waals surface area contributed by atoms with Crippen molar-refractivity contribution in [1.29, 1.82) is 0 Å². The molecule has 1 aromatic heterocycles. The summed E-state index contributed by atoms with van der Waals surface area (Å²) in [4.78, 5) is 17.1. The lowest BCUT2D eigenvalue weighted by Crippen LogP contribution is -2.29. The van der Waals surface area contributed by atoms with Crippen LogP contribution in [0.25, 0.3) is 0 Å². The van der Waals surface area contributed by atoms with Gasteiger partial charge in [-0.1, -0.05) is 56.3 Å². The molecule has 6 nitrogen and oxygen atoms in total. The topological polar surface area (TPSA) is 56.8 Å². The molecule has 1 aliphatic heterocycles. The molecule has 1 N–H and O–H groups in total. The quantitative estimate of drug-likeness (QED) is 0.262. The first-order valence-electron chi connectivity index (χ1n) is 13.6. The second-order valence-corrected chi connectivity index (χ2v) is 9.81. The lowest BCUT2D eigenvalue weighted by Gasteiger charge is -2.21. The predicted molar refractivity (Wildman–Crippen MR) is 152 cm³/mol. The van der Waals surface area contributed by atoms with Crippen LogP contribution in [-0.4, -0.2) is 51.7 Å². The third kappa shape index (κ3) is 8.99. The summed E-state index contributed by atoms with van der Waals surface area (Å²) in [7, 11) is 0. The molecule has 0 amide bonds. The van der Waals surface area contributed by atoms with Gasteiger partial charge in [-0.05, 0) is 61.2 Å². The van der Waals surface area contributed by atoms with Crippen LogP contribution >= 0.6 is 0 Å². The molecule has 0 bridgehead atoms. The van der Waals surface area contributed by atoms with Gasteiger partial charge in [-0.3, -0.25) is 9.89 Å². The molecule has 0 unspecified atom stereocenters. The van der Waals surface area contributed by atoms with Gasteiger partial charge in [0.1, 0.15) is 18.2 Å². The molecule has 0 saturated carbocycles. The maximum atomic E-state index is 6.07. The molecular weight excluding hydrogens is 458 g/mol. The lowest BCUT2D eigenvalue weighted by molar-refractivity contribution is 0.278. The van der Waals surface area contributed by atoms with Crippen LogP contribution in [0.15, 0.2) is 78.2 Å². The van der Waals surface area contributed by atoms with E-state index in [2.05, 4.69) is 93.2 Å². The normalized spacial score (nSPS) is 13.0. The summed E-state index contributed by atoms with van der Waals surface area (Å²) in [5.41, 5.74) is 5.00. The molecule has 4 rings (SSSR count). The highest BCUT2D eigenvalue weighted by Gasteiger charge is 2.13. The highest BCUT2D eigenvalue weighted by Crippen LogP contribution is 2.17. The van der Waals surface area contributed by atoms with Gasteiger partial charge in [-0.2, -0.15) is 0 Å². The first-order valence-corrected chi connectivity index (χ1v) is 13.6. The SMILES string of the molecule is CCCN(CCC)CCc1ccc(OCc2ccc(CN(CC3=NC=CC3)Cc3ncc[nH]3)cc2)cc1. The van der Waals surface area contributed by atoms with E-state index in [1.165, 1.54) is 48.3 Å². The van der Waals surface area contributed by atoms with Crippen molar-refractivity contribution in [3.8, 4) is 5.75 Å². The average molecular weight is 500 g/mol. The van der Waals surface area contributed by atoms with E-state index in [1.54, 1.807) is 6.20 Å². The Balaban J connectivity index is 1.25. The van der Waals surface area contributed by atoms with Gasteiger partial charge in [0, 0.05) is 50.4 Å². The molecule has 0 atom stereocenters. The van der Waals surface area contributed by atoms with E-state index in [0.29, 0.717) is 6.61 Å². The van der Waals surface area contributed by atoms with E-state index in [-0.39, 0.29) is 0 Å². The van der Waals surface area contributed by atoms with Crippen LogP contribution in [0, 0.1) is 0 Å². The lowest BCUT2D eigenvalue weighted by atomic mass is 10.1. The fourth-order valence-electron chi connectivity index (χ4n) is 4.70. The van der Waals surface area contributed by atoms with Crippen molar-refractivity contribution in [2.45, 2.75) is 59.2 Å². The molecule has 0 spiro atoms. The first kappa shape index (κ1) is 26.8. The van der Waals surface area contributed by atoms with Crippen molar-refractivity contribution in [2.75, 3.05) is 26.2 Å². The monoisotopic (exact) mass is 499 g/mol. The van der Waals surface area contributed by atoms with Crippen molar-refractivity contribution in [1.82, 2.24) is 19.8 Å². The molecule has 0 saturated heterocycles. The Morgan fingerprint density at radius 2 is 1.54 bits per heavy atom. The molecule has 0 radical (unpaired) electrons. The van der Waals surface area contributed by atoms with Crippen molar-refractivity contribution < 1.29 is 4.74 Å². The van der Waals surface area contributed by atoms with Gasteiger partial charge in [0.25, 0.3) is 0 Å². The fraction of sp³-hybridized carbons (Fsp3) is 0.419. The Labute approximate surface area is 222 Å². The largest absolute Gasteiger partial charge is 0.489 e. The highest BCUT2D eigenvalue weighted by atomic mass is 16.5. The van der Waals surface area contributed by atoms with Gasteiger partial charge in [0.2, 0.25) is 0 Å². The molecule has 2 aromatic carbocycles. The van der Waals surface area contributed by atoms with Gasteiger partial charge in [0.15, 0.2) is 0 Å². The van der Waals surface area contributed by atoms with Crippen LogP contribution in [0.4, 0.5) is 0 Å². The maximum Gasteiger partial charge on any atom is 0.120 e. The van der Waals surface area contributed by atoms with E-state index >= 15 is 0 Å². The average Bonchev–Trinajstić information content (AvgIpc) is 3.62. The third-order valence-corrected chi connectivity index (χ3v) is 6.60. The van der Waals surface area contributed by atoms with Crippen LogP contribution in [0.5, 0.6) is 5.75 Å². The summed E-state index contributed by atoms with van der Waals surface area (Å²) in [6.07, 6.45) is 12.1. The van der Waals surface area contributed by atoms with Crippen molar-refractivity contribution in [3.63, 3.8) is 0 Å². The minimum Gasteiger partial charge on any atom is -0.489 e. The number of imidazole rings is 1. The summed E-state index contributed by atoms with van der Waals surface area (Å²) >= 11 is 0. The van der Waals surface area contributed by atoms with Gasteiger partial charge in [-0.25, -0.2) is 4.98 Å². The third-order valence-electron chi connectivity index (χ3n) is 6.60. The summed E-state index contributed by atoms with van der Waals surface area (Å²) in [6, 6.07) is 17.3. The van der Waals surface area contributed by atoms with E-state index < -0.39 is 0 Å². The van der Waals surface area contributed by atoms with E-state index in [0.717, 1.165) is 50.6 Å². The number of nitrogens with one attached hydrogen (secondary N) is 1. The van der Waals surface area contributed by atoms with Crippen molar-refractivity contribution in [3.05, 3.63) is 95.7 Å². The van der Waals surface area contributed by atoms with Gasteiger partial charge in [-0.15, -0.1) is 0 Å². The predicted octanol–water partition coefficient (Wildman–Crippen LogP) is 6.01. The van der Waals surface area contributed by atoms with Crippen LogP contribution in [0.2, 0.25) is 0 Å². The molecule has 2 heterocycles. The molecule has 1 aliphatic rings. The molecule has 3 aromatic rings. The van der Waals surface area contributed by atoms with Crippen LogP contribution < -0.4 is 4.74 Å². The number of benzene rings is 2. The highest BCUT2D eigenvalue weighted by molar-refractivity contribution is 5.89. The smallest absolute Gasteiger partial charge is 0.120 e. The van der Waals surface area contributed by atoms with Gasteiger partial charge in [0.05, 0.1) is 6.54 Å². The zero-order chi connectivity index (χ0) is 25.7. The standard InChI is InChI=1S/C31H41N5O/c1-3-19-35(20-4-2)21-15-26-11-13-30(14-12-26)37-25-28-9-7-27(8-10-28)22-36(23-29-6-5-16-32-29)24-31-33-17-18-34-31/h5,7-14,16-18H,3-4,6,15,19-25H2,1-2H3,(H,33,34). The number of hydrogen-bond acceptors (Lipinski definition) is 5. The summed E-state index contributed by atoms with van der Waals surface area (Å²) in [6.45, 7) is 11.0. The Morgan fingerprint density at radius 3 is 2.19 bits per heavy atom. The number of rotatable bonds is 16. The maximum absolute atomic E-state index is 6.07. The van der Waals surface area contributed by atoms with Crippen molar-refractivity contribution >= 4 is 5.71 Å². The number of hydrogen-bond donors (Lipinski definition) is 1. The second-order valence-electron chi connectivity index (χ2n) is 9.81. The summed E-state index contributed by atoms with van der Waals surface area (Å²) in [5, 5.41) is 0. The Hall–Kier alpha value is -3.22. The molecule has 196 valence electrons. The zero-order valence-electron chi connectivity index (χ0n) is 22.4. The van der Waals surface area contributed by atoms with Gasteiger partial charge < -0.3 is 14.6 Å². The van der Waals surface area contributed by atoms with E-state index in [1.807, 2.05) is 12.4 Å². The Kier molecular flexibility index (Phi) is 10.5. The molecule has 0 aliphatic carbocycles. The molecule has 0 fully saturated rings. The van der Waals surface area contributed by atoms with Gasteiger partial charge >= 0.3 is 0 Å². The number of ether oxygens (including phenoxy) is 1. The number of H-pyrrole nitrogens is 1. The fourth-order valence-corrected chi connectivity index (χ4v) is 4.70. The number of nitrogens with zero attached hydrogens (tertiary/aromatic N) is 4. The summed E-state index contributed by atoms with van der Waals surface area (Å²) < 4.78 is 6.07. The van der Waals surface area contributed by atoms with Crippen molar-refractivity contribution in [2.24, 2.45) is 4.99 Å². The second kappa shape index (κ2) is 14.5. The van der Waals surface area contributed by atoms with Crippen LogP contribution in [-0.2, 0) is 26.1 Å². The molecule has 6 heteroatoms. The van der Waals surface area contributed by atoms with E-state index in [4.69, 9.17) is 4.74 Å². The van der Waals surface area contributed by atoms with Crippen LogP contribution in [0.1, 0.15) is 55.6 Å². The first-order chi connectivity index (χ1) is 18.2. The molecular formula is C31H41N5O. The van der Waals surface area contributed by atoms with Crippen LogP contribution in [0.3, 0.4) is 0 Å². The number of aromatic amines is 1.